The maximum atomic E-state index is 12.2. The Bertz CT molecular complexity index is 419. The zero-order valence-electron chi connectivity index (χ0n) is 11.8. The fourth-order valence-corrected chi connectivity index (χ4v) is 1.52. The summed E-state index contributed by atoms with van der Waals surface area (Å²) in [5.74, 6) is 0.828. The Morgan fingerprint density at radius 2 is 1.79 bits per heavy atom. The van der Waals surface area contributed by atoms with E-state index in [0.717, 1.165) is 0 Å². The van der Waals surface area contributed by atoms with Crippen molar-refractivity contribution in [3.05, 3.63) is 23.8 Å². The topological polar surface area (TPSA) is 67.8 Å². The van der Waals surface area contributed by atoms with Crippen molar-refractivity contribution in [2.75, 3.05) is 20.8 Å². The molecule has 2 N–H and O–H groups in total. The van der Waals surface area contributed by atoms with E-state index in [4.69, 9.17) is 9.47 Å². The molecule has 5 nitrogen and oxygen atoms in total. The van der Waals surface area contributed by atoms with Crippen LogP contribution in [-0.4, -0.2) is 37.4 Å². The van der Waals surface area contributed by atoms with Crippen LogP contribution in [0.2, 0.25) is 0 Å². The highest BCUT2D eigenvalue weighted by molar-refractivity contribution is 5.95. The molecule has 19 heavy (non-hydrogen) atoms. The Balaban J connectivity index is 2.99. The predicted molar refractivity (Wildman–Crippen MR) is 72.8 cm³/mol. The van der Waals surface area contributed by atoms with Gasteiger partial charge in [0, 0.05) is 11.6 Å². The Hall–Kier alpha value is -1.75. The van der Waals surface area contributed by atoms with E-state index in [0.29, 0.717) is 23.5 Å². The van der Waals surface area contributed by atoms with E-state index in [1.165, 1.54) is 14.2 Å². The fourth-order valence-electron chi connectivity index (χ4n) is 1.52. The Morgan fingerprint density at radius 3 is 2.16 bits per heavy atom. The third-order valence-electron chi connectivity index (χ3n) is 3.16. The Labute approximate surface area is 113 Å². The van der Waals surface area contributed by atoms with E-state index in [9.17, 15) is 9.90 Å². The lowest BCUT2D eigenvalue weighted by Gasteiger charge is -2.27. The SMILES string of the molecule is CCC(C)(CO)NC(=O)c1cc(OC)cc(OC)c1. The predicted octanol–water partition coefficient (Wildman–Crippen LogP) is 1.59. The van der Waals surface area contributed by atoms with Gasteiger partial charge in [0.25, 0.3) is 5.91 Å². The van der Waals surface area contributed by atoms with Crippen molar-refractivity contribution >= 4 is 5.91 Å². The molecule has 5 heteroatoms. The summed E-state index contributed by atoms with van der Waals surface area (Å²) in [5.41, 5.74) is -0.197. The molecule has 106 valence electrons. The summed E-state index contributed by atoms with van der Waals surface area (Å²) < 4.78 is 10.2. The number of methoxy groups -OCH3 is 2. The maximum absolute atomic E-state index is 12.2. The lowest BCUT2D eigenvalue weighted by Crippen LogP contribution is -2.48. The van der Waals surface area contributed by atoms with Crippen LogP contribution < -0.4 is 14.8 Å². The standard InChI is InChI=1S/C14H21NO4/c1-5-14(2,9-16)15-13(17)10-6-11(18-3)8-12(7-10)19-4/h6-8,16H,5,9H2,1-4H3,(H,15,17). The van der Waals surface area contributed by atoms with Gasteiger partial charge in [0.05, 0.1) is 26.4 Å². The first kappa shape index (κ1) is 15.3. The third-order valence-corrected chi connectivity index (χ3v) is 3.16. The summed E-state index contributed by atoms with van der Waals surface area (Å²) >= 11 is 0. The summed E-state index contributed by atoms with van der Waals surface area (Å²) in [5, 5.41) is 12.1. The fraction of sp³-hybridized carbons (Fsp3) is 0.500. The second-order valence-electron chi connectivity index (χ2n) is 4.63. The Morgan fingerprint density at radius 1 is 1.26 bits per heavy atom. The van der Waals surface area contributed by atoms with Gasteiger partial charge in [-0.15, -0.1) is 0 Å². The van der Waals surface area contributed by atoms with Gasteiger partial charge in [-0.2, -0.15) is 0 Å². The lowest BCUT2D eigenvalue weighted by molar-refractivity contribution is 0.0846. The molecular formula is C14H21NO4. The number of rotatable bonds is 6. The lowest BCUT2D eigenvalue weighted by atomic mass is 9.99. The van der Waals surface area contributed by atoms with Crippen molar-refractivity contribution in [2.45, 2.75) is 25.8 Å². The van der Waals surface area contributed by atoms with Crippen LogP contribution in [0.1, 0.15) is 30.6 Å². The first-order valence-electron chi connectivity index (χ1n) is 6.14. The Kier molecular flexibility index (Phi) is 5.18. The summed E-state index contributed by atoms with van der Waals surface area (Å²) in [4.78, 5) is 12.2. The molecule has 0 aliphatic rings. The molecule has 1 rings (SSSR count). The van der Waals surface area contributed by atoms with Gasteiger partial charge < -0.3 is 19.9 Å². The third kappa shape index (κ3) is 3.86. The monoisotopic (exact) mass is 267 g/mol. The minimum atomic E-state index is -0.632. The smallest absolute Gasteiger partial charge is 0.252 e. The van der Waals surface area contributed by atoms with Crippen molar-refractivity contribution in [3.63, 3.8) is 0 Å². The van der Waals surface area contributed by atoms with Gasteiger partial charge in [0.2, 0.25) is 0 Å². The second-order valence-corrected chi connectivity index (χ2v) is 4.63. The van der Waals surface area contributed by atoms with Gasteiger partial charge in [-0.05, 0) is 25.5 Å². The van der Waals surface area contributed by atoms with Gasteiger partial charge in [0.15, 0.2) is 0 Å². The molecule has 0 saturated carbocycles. The van der Waals surface area contributed by atoms with Crippen LogP contribution in [0.4, 0.5) is 0 Å². The minimum absolute atomic E-state index is 0.115. The highest BCUT2D eigenvalue weighted by Gasteiger charge is 2.24. The number of aliphatic hydroxyl groups is 1. The van der Waals surface area contributed by atoms with Crippen molar-refractivity contribution in [1.82, 2.24) is 5.32 Å². The molecule has 1 aromatic rings. The molecule has 0 aromatic heterocycles. The van der Waals surface area contributed by atoms with Crippen LogP contribution in [0.25, 0.3) is 0 Å². The number of ether oxygens (including phenoxy) is 2. The zero-order chi connectivity index (χ0) is 14.5. The van der Waals surface area contributed by atoms with Crippen LogP contribution in [0.5, 0.6) is 11.5 Å². The molecule has 0 aliphatic heterocycles. The first-order chi connectivity index (χ1) is 8.97. The molecule has 1 unspecified atom stereocenters. The van der Waals surface area contributed by atoms with Crippen molar-refractivity contribution < 1.29 is 19.4 Å². The molecule has 0 fully saturated rings. The summed E-state index contributed by atoms with van der Waals surface area (Å²) in [6, 6.07) is 4.96. The van der Waals surface area contributed by atoms with Gasteiger partial charge in [-0.1, -0.05) is 6.92 Å². The summed E-state index contributed by atoms with van der Waals surface area (Å²) in [6.07, 6.45) is 0.635. The van der Waals surface area contributed by atoms with E-state index in [2.05, 4.69) is 5.32 Å². The van der Waals surface area contributed by atoms with Crippen LogP contribution >= 0.6 is 0 Å². The molecule has 0 radical (unpaired) electrons. The average Bonchev–Trinajstić information content (AvgIpc) is 2.46. The molecule has 1 amide bonds. The number of hydrogen-bond acceptors (Lipinski definition) is 4. The highest BCUT2D eigenvalue weighted by atomic mass is 16.5. The first-order valence-corrected chi connectivity index (χ1v) is 6.14. The zero-order valence-corrected chi connectivity index (χ0v) is 11.8. The summed E-state index contributed by atoms with van der Waals surface area (Å²) in [7, 11) is 3.06. The van der Waals surface area contributed by atoms with Gasteiger partial charge in [0.1, 0.15) is 11.5 Å². The second kappa shape index (κ2) is 6.43. The molecule has 0 spiro atoms. The van der Waals surface area contributed by atoms with E-state index in [1.807, 2.05) is 6.92 Å². The van der Waals surface area contributed by atoms with E-state index in [1.54, 1.807) is 25.1 Å². The van der Waals surface area contributed by atoms with Crippen LogP contribution in [-0.2, 0) is 0 Å². The maximum Gasteiger partial charge on any atom is 0.252 e. The molecule has 0 bridgehead atoms. The van der Waals surface area contributed by atoms with E-state index >= 15 is 0 Å². The number of hydrogen-bond donors (Lipinski definition) is 2. The van der Waals surface area contributed by atoms with Gasteiger partial charge in [-0.25, -0.2) is 0 Å². The van der Waals surface area contributed by atoms with Crippen LogP contribution in [0, 0.1) is 0 Å². The quantitative estimate of drug-likeness (QED) is 0.821. The normalized spacial score (nSPS) is 13.5. The largest absolute Gasteiger partial charge is 0.497 e. The number of carbonyl (C=O) groups excluding carboxylic acids is 1. The molecular weight excluding hydrogens is 246 g/mol. The highest BCUT2D eigenvalue weighted by Crippen LogP contribution is 2.23. The van der Waals surface area contributed by atoms with Crippen molar-refractivity contribution in [2.24, 2.45) is 0 Å². The van der Waals surface area contributed by atoms with Crippen molar-refractivity contribution in [3.8, 4) is 11.5 Å². The summed E-state index contributed by atoms with van der Waals surface area (Å²) in [6.45, 7) is 3.58. The number of carbonyl (C=O) groups is 1. The van der Waals surface area contributed by atoms with Crippen molar-refractivity contribution in [1.29, 1.82) is 0 Å². The van der Waals surface area contributed by atoms with E-state index < -0.39 is 5.54 Å². The van der Waals surface area contributed by atoms with E-state index in [-0.39, 0.29) is 12.5 Å². The number of amides is 1. The minimum Gasteiger partial charge on any atom is -0.497 e. The van der Waals surface area contributed by atoms with Crippen LogP contribution in [0.3, 0.4) is 0 Å². The number of nitrogens with one attached hydrogen (secondary N) is 1. The van der Waals surface area contributed by atoms with Gasteiger partial charge in [-0.3, -0.25) is 4.79 Å². The average molecular weight is 267 g/mol. The molecule has 0 aliphatic carbocycles. The van der Waals surface area contributed by atoms with Gasteiger partial charge >= 0.3 is 0 Å². The molecule has 1 aromatic carbocycles. The molecule has 0 saturated heterocycles. The molecule has 0 heterocycles. The number of benzene rings is 1. The number of aliphatic hydroxyl groups excluding tert-OH is 1. The molecule has 1 atom stereocenters. The van der Waals surface area contributed by atoms with Crippen LogP contribution in [0.15, 0.2) is 18.2 Å².